The van der Waals surface area contributed by atoms with Crippen molar-refractivity contribution < 1.29 is 18.3 Å². The van der Waals surface area contributed by atoms with E-state index in [9.17, 15) is 18.3 Å². The number of benzene rings is 1. The molecule has 7 heteroatoms. The van der Waals surface area contributed by atoms with Crippen LogP contribution < -0.4 is 5.32 Å². The Hall–Kier alpha value is -0.790. The lowest BCUT2D eigenvalue weighted by atomic mass is 10.1. The van der Waals surface area contributed by atoms with Crippen LogP contribution in [0.3, 0.4) is 0 Å². The van der Waals surface area contributed by atoms with Gasteiger partial charge in [0.15, 0.2) is 0 Å². The summed E-state index contributed by atoms with van der Waals surface area (Å²) >= 11 is 2.98. The molecule has 0 spiro atoms. The Morgan fingerprint density at radius 2 is 1.90 bits per heavy atom. The maximum Gasteiger partial charge on any atom is 0.420 e. The van der Waals surface area contributed by atoms with Gasteiger partial charge in [-0.25, -0.2) is 0 Å². The molecule has 1 aromatic rings. The standard InChI is InChI=1S/C13H16BrF3N2O/c14-11-8-9(1-4-19-5-2-18-3-6-19)7-10(12(11)20)13(15,16)17/h7-8,18,20H,1-6H2. The lowest BCUT2D eigenvalue weighted by Crippen LogP contribution is -2.44. The van der Waals surface area contributed by atoms with Gasteiger partial charge in [0.05, 0.1) is 10.0 Å². The van der Waals surface area contributed by atoms with Crippen LogP contribution in [0, 0.1) is 0 Å². The number of alkyl halides is 3. The third kappa shape index (κ3) is 3.86. The first-order valence-electron chi connectivity index (χ1n) is 6.39. The predicted molar refractivity (Wildman–Crippen MR) is 73.8 cm³/mol. The molecule has 1 saturated heterocycles. The molecule has 0 unspecified atom stereocenters. The van der Waals surface area contributed by atoms with Gasteiger partial charge in [0.25, 0.3) is 0 Å². The van der Waals surface area contributed by atoms with Crippen molar-refractivity contribution in [3.05, 3.63) is 27.7 Å². The monoisotopic (exact) mass is 352 g/mol. The Morgan fingerprint density at radius 1 is 1.25 bits per heavy atom. The number of halogens is 4. The molecule has 2 N–H and O–H groups in total. The van der Waals surface area contributed by atoms with Gasteiger partial charge in [-0.15, -0.1) is 0 Å². The molecule has 20 heavy (non-hydrogen) atoms. The predicted octanol–water partition coefficient (Wildman–Crippen LogP) is 2.62. The van der Waals surface area contributed by atoms with Gasteiger partial charge in [0.2, 0.25) is 0 Å². The van der Waals surface area contributed by atoms with Crippen molar-refractivity contribution in [2.45, 2.75) is 12.6 Å². The second kappa shape index (κ2) is 6.32. The summed E-state index contributed by atoms with van der Waals surface area (Å²) in [4.78, 5) is 2.21. The summed E-state index contributed by atoms with van der Waals surface area (Å²) in [5.74, 6) is -0.747. The van der Waals surface area contributed by atoms with Crippen molar-refractivity contribution >= 4 is 15.9 Å². The molecule has 0 aromatic heterocycles. The van der Waals surface area contributed by atoms with E-state index < -0.39 is 17.5 Å². The number of nitrogens with one attached hydrogen (secondary N) is 1. The molecule has 0 atom stereocenters. The second-order valence-electron chi connectivity index (χ2n) is 4.81. The minimum atomic E-state index is -4.54. The van der Waals surface area contributed by atoms with Crippen molar-refractivity contribution in [3.8, 4) is 5.75 Å². The molecule has 3 nitrogen and oxygen atoms in total. The van der Waals surface area contributed by atoms with E-state index >= 15 is 0 Å². The zero-order valence-electron chi connectivity index (χ0n) is 10.8. The van der Waals surface area contributed by atoms with E-state index in [2.05, 4.69) is 26.1 Å². The minimum Gasteiger partial charge on any atom is -0.506 e. The molecule has 1 fully saturated rings. The van der Waals surface area contributed by atoms with E-state index in [-0.39, 0.29) is 4.47 Å². The molecule has 1 aliphatic heterocycles. The maximum absolute atomic E-state index is 12.8. The van der Waals surface area contributed by atoms with Gasteiger partial charge in [-0.05, 0) is 40.0 Å². The van der Waals surface area contributed by atoms with E-state index in [1.54, 1.807) is 6.07 Å². The molecule has 2 rings (SSSR count). The highest BCUT2D eigenvalue weighted by Gasteiger charge is 2.35. The summed E-state index contributed by atoms with van der Waals surface area (Å²) in [6, 6.07) is 2.58. The zero-order chi connectivity index (χ0) is 14.8. The topological polar surface area (TPSA) is 35.5 Å². The summed E-state index contributed by atoms with van der Waals surface area (Å²) in [5, 5.41) is 12.7. The molecule has 0 bridgehead atoms. The summed E-state index contributed by atoms with van der Waals surface area (Å²) in [6.45, 7) is 4.35. The number of aromatic hydroxyl groups is 1. The SMILES string of the molecule is Oc1c(Br)cc(CCN2CCNCC2)cc1C(F)(F)F. The molecule has 0 aliphatic carbocycles. The first-order chi connectivity index (χ1) is 9.38. The van der Waals surface area contributed by atoms with Crippen LogP contribution in [0.15, 0.2) is 16.6 Å². The Balaban J connectivity index is 2.10. The smallest absolute Gasteiger partial charge is 0.420 e. The highest BCUT2D eigenvalue weighted by molar-refractivity contribution is 9.10. The lowest BCUT2D eigenvalue weighted by Gasteiger charge is -2.27. The lowest BCUT2D eigenvalue weighted by molar-refractivity contribution is -0.138. The van der Waals surface area contributed by atoms with Crippen molar-refractivity contribution in [2.24, 2.45) is 0 Å². The van der Waals surface area contributed by atoms with Crippen LogP contribution >= 0.6 is 15.9 Å². The summed E-state index contributed by atoms with van der Waals surface area (Å²) < 4.78 is 38.5. The normalized spacial score (nSPS) is 17.4. The Morgan fingerprint density at radius 3 is 2.50 bits per heavy atom. The summed E-state index contributed by atoms with van der Waals surface area (Å²) in [7, 11) is 0. The highest BCUT2D eigenvalue weighted by Crippen LogP contribution is 2.40. The summed E-state index contributed by atoms with van der Waals surface area (Å²) in [6.07, 6.45) is -4.01. The molecule has 112 valence electrons. The van der Waals surface area contributed by atoms with Crippen LogP contribution in [0.1, 0.15) is 11.1 Å². The fourth-order valence-corrected chi connectivity index (χ4v) is 2.75. The third-order valence-corrected chi connectivity index (χ3v) is 3.96. The number of hydrogen-bond acceptors (Lipinski definition) is 3. The first-order valence-corrected chi connectivity index (χ1v) is 7.19. The van der Waals surface area contributed by atoms with Crippen LogP contribution in [0.2, 0.25) is 0 Å². The quantitative estimate of drug-likeness (QED) is 0.877. The van der Waals surface area contributed by atoms with Crippen LogP contribution in [0.5, 0.6) is 5.75 Å². The van der Waals surface area contributed by atoms with E-state index in [4.69, 9.17) is 0 Å². The van der Waals surface area contributed by atoms with Gasteiger partial charge in [0.1, 0.15) is 5.75 Å². The molecule has 1 aliphatic rings. The molecule has 1 aromatic carbocycles. The highest BCUT2D eigenvalue weighted by atomic mass is 79.9. The second-order valence-corrected chi connectivity index (χ2v) is 5.67. The fourth-order valence-electron chi connectivity index (χ4n) is 2.24. The van der Waals surface area contributed by atoms with Crippen LogP contribution in [0.25, 0.3) is 0 Å². The van der Waals surface area contributed by atoms with Crippen LogP contribution in [-0.2, 0) is 12.6 Å². The summed E-state index contributed by atoms with van der Waals surface area (Å²) in [5.41, 5.74) is -0.414. The van der Waals surface area contributed by atoms with Crippen LogP contribution in [0.4, 0.5) is 13.2 Å². The van der Waals surface area contributed by atoms with Gasteiger partial charge >= 0.3 is 6.18 Å². The average molecular weight is 353 g/mol. The number of hydrogen-bond donors (Lipinski definition) is 2. The fraction of sp³-hybridized carbons (Fsp3) is 0.538. The van der Waals surface area contributed by atoms with E-state index in [1.807, 2.05) is 0 Å². The number of nitrogens with zero attached hydrogens (tertiary/aromatic N) is 1. The van der Waals surface area contributed by atoms with Crippen molar-refractivity contribution in [3.63, 3.8) is 0 Å². The van der Waals surface area contributed by atoms with Gasteiger partial charge in [-0.2, -0.15) is 13.2 Å². The molecular formula is C13H16BrF3N2O. The van der Waals surface area contributed by atoms with Gasteiger partial charge in [-0.3, -0.25) is 0 Å². The van der Waals surface area contributed by atoms with Gasteiger partial charge in [-0.1, -0.05) is 0 Å². The Bertz CT molecular complexity index is 473. The number of rotatable bonds is 3. The minimum absolute atomic E-state index is 0.0858. The molecule has 0 radical (unpaired) electrons. The molecule has 0 amide bonds. The largest absolute Gasteiger partial charge is 0.506 e. The van der Waals surface area contributed by atoms with Crippen LogP contribution in [-0.4, -0.2) is 42.7 Å². The Kier molecular flexibility index (Phi) is 4.93. The van der Waals surface area contributed by atoms with Crippen molar-refractivity contribution in [1.82, 2.24) is 10.2 Å². The number of phenolic OH excluding ortho intramolecular Hbond substituents is 1. The zero-order valence-corrected chi connectivity index (χ0v) is 12.4. The van der Waals surface area contributed by atoms with E-state index in [0.717, 1.165) is 38.8 Å². The number of piperazine rings is 1. The average Bonchev–Trinajstić information content (AvgIpc) is 2.40. The molecule has 1 heterocycles. The first kappa shape index (κ1) is 15.6. The third-order valence-electron chi connectivity index (χ3n) is 3.35. The molecular weight excluding hydrogens is 337 g/mol. The van der Waals surface area contributed by atoms with E-state index in [0.29, 0.717) is 12.0 Å². The van der Waals surface area contributed by atoms with Crippen molar-refractivity contribution in [1.29, 1.82) is 0 Å². The number of phenols is 1. The van der Waals surface area contributed by atoms with Crippen molar-refractivity contribution in [2.75, 3.05) is 32.7 Å². The van der Waals surface area contributed by atoms with Gasteiger partial charge in [0, 0.05) is 32.7 Å². The maximum atomic E-state index is 12.8. The Labute approximate surface area is 123 Å². The molecule has 0 saturated carbocycles. The van der Waals surface area contributed by atoms with Gasteiger partial charge < -0.3 is 15.3 Å². The van der Waals surface area contributed by atoms with E-state index in [1.165, 1.54) is 0 Å².